The fourth-order valence-electron chi connectivity index (χ4n) is 2.22. The first-order chi connectivity index (χ1) is 8.43. The second kappa shape index (κ2) is 5.94. The first-order valence-corrected chi connectivity index (χ1v) is 6.06. The molecule has 98 valence electrons. The van der Waals surface area contributed by atoms with Crippen LogP contribution in [0.2, 0.25) is 0 Å². The van der Waals surface area contributed by atoms with Crippen LogP contribution in [-0.2, 0) is 6.42 Å². The molecule has 0 aromatic heterocycles. The molecule has 0 unspecified atom stereocenters. The zero-order chi connectivity index (χ0) is 13.9. The average molecular weight is 246 g/mol. The van der Waals surface area contributed by atoms with Crippen molar-refractivity contribution in [3.8, 4) is 11.5 Å². The number of allylic oxidation sites excluding steroid dienone is 2. The van der Waals surface area contributed by atoms with E-state index in [1.165, 1.54) is 11.1 Å². The van der Waals surface area contributed by atoms with E-state index in [-0.39, 0.29) is 0 Å². The lowest BCUT2D eigenvalue weighted by atomic mass is 9.93. The predicted molar refractivity (Wildman–Crippen MR) is 75.5 cm³/mol. The molecule has 2 nitrogen and oxygen atoms in total. The zero-order valence-electron chi connectivity index (χ0n) is 12.2. The summed E-state index contributed by atoms with van der Waals surface area (Å²) in [7, 11) is 3.35. The van der Waals surface area contributed by atoms with E-state index in [1.807, 2.05) is 13.0 Å². The number of hydrogen-bond donors (Lipinski definition) is 0. The second-order valence-electron chi connectivity index (χ2n) is 4.57. The second-order valence-corrected chi connectivity index (χ2v) is 4.57. The van der Waals surface area contributed by atoms with Crippen molar-refractivity contribution in [3.05, 3.63) is 40.8 Å². The molecular weight excluding hydrogens is 224 g/mol. The largest absolute Gasteiger partial charge is 0.493 e. The first kappa shape index (κ1) is 14.6. The summed E-state index contributed by atoms with van der Waals surface area (Å²) in [4.78, 5) is 0. The van der Waals surface area contributed by atoms with Crippen LogP contribution >= 0.6 is 0 Å². The summed E-state index contributed by atoms with van der Waals surface area (Å²) >= 11 is 0. The maximum atomic E-state index is 5.71. The van der Waals surface area contributed by atoms with E-state index in [1.54, 1.807) is 14.2 Å². The van der Waals surface area contributed by atoms with Gasteiger partial charge in [0.05, 0.1) is 14.2 Å². The highest BCUT2D eigenvalue weighted by molar-refractivity contribution is 5.59. The molecule has 2 radical (unpaired) electrons. The molecule has 0 saturated heterocycles. The van der Waals surface area contributed by atoms with Gasteiger partial charge in [-0.1, -0.05) is 11.6 Å². The van der Waals surface area contributed by atoms with Crippen LogP contribution in [0.1, 0.15) is 29.2 Å². The third-order valence-corrected chi connectivity index (χ3v) is 3.39. The van der Waals surface area contributed by atoms with Gasteiger partial charge >= 0.3 is 0 Å². The van der Waals surface area contributed by atoms with Gasteiger partial charge in [-0.3, -0.25) is 0 Å². The molecule has 0 amide bonds. The minimum Gasteiger partial charge on any atom is -0.493 e. The van der Waals surface area contributed by atoms with E-state index in [0.717, 1.165) is 34.6 Å². The highest BCUT2D eigenvalue weighted by atomic mass is 16.5. The molecule has 0 aliphatic carbocycles. The Kier molecular flexibility index (Phi) is 4.83. The molecule has 1 rings (SSSR count). The van der Waals surface area contributed by atoms with Crippen molar-refractivity contribution in [2.75, 3.05) is 14.2 Å². The fourth-order valence-corrected chi connectivity index (χ4v) is 2.22. The van der Waals surface area contributed by atoms with E-state index in [9.17, 15) is 0 Å². The Hall–Kier alpha value is -1.44. The molecule has 0 fully saturated rings. The summed E-state index contributed by atoms with van der Waals surface area (Å²) in [6.45, 7) is 13.8. The Balaban J connectivity index is 3.44. The highest BCUT2D eigenvalue weighted by Gasteiger charge is 2.17. The smallest absolute Gasteiger partial charge is 0.164 e. The maximum Gasteiger partial charge on any atom is 0.164 e. The van der Waals surface area contributed by atoms with E-state index < -0.39 is 0 Å². The van der Waals surface area contributed by atoms with E-state index >= 15 is 0 Å². The molecule has 1 aromatic carbocycles. The van der Waals surface area contributed by atoms with Crippen LogP contribution < -0.4 is 9.47 Å². The van der Waals surface area contributed by atoms with Gasteiger partial charge in [0, 0.05) is 0 Å². The van der Waals surface area contributed by atoms with Gasteiger partial charge in [-0.2, -0.15) is 0 Å². The van der Waals surface area contributed by atoms with E-state index in [0.29, 0.717) is 0 Å². The molecule has 0 atom stereocenters. The Labute approximate surface area is 111 Å². The van der Waals surface area contributed by atoms with Crippen LogP contribution in [0.15, 0.2) is 11.6 Å². The highest BCUT2D eigenvalue weighted by Crippen LogP contribution is 2.39. The van der Waals surface area contributed by atoms with Crippen molar-refractivity contribution in [2.24, 2.45) is 0 Å². The molecule has 18 heavy (non-hydrogen) atoms. The molecule has 0 bridgehead atoms. The molecule has 2 heteroatoms. The third-order valence-electron chi connectivity index (χ3n) is 3.39. The molecule has 0 aliphatic rings. The summed E-state index contributed by atoms with van der Waals surface area (Å²) < 4.78 is 10.9. The topological polar surface area (TPSA) is 18.5 Å². The normalized spacial score (nSPS) is 11.6. The van der Waals surface area contributed by atoms with Crippen molar-refractivity contribution in [2.45, 2.75) is 34.1 Å². The van der Waals surface area contributed by atoms with Crippen LogP contribution in [-0.4, -0.2) is 14.2 Å². The standard InChI is InChI=1S/C16H22O2/c1-10(2)8-9-14-11(3)12(4)15(17-6)16(18-7)13(14)5/h1,8H,9H2,2-7H3/b10-8-. The summed E-state index contributed by atoms with van der Waals surface area (Å²) in [5.41, 5.74) is 5.58. The van der Waals surface area contributed by atoms with Gasteiger partial charge in [0.25, 0.3) is 0 Å². The lowest BCUT2D eigenvalue weighted by molar-refractivity contribution is 0.350. The first-order valence-electron chi connectivity index (χ1n) is 6.06. The lowest BCUT2D eigenvalue weighted by Gasteiger charge is -2.19. The summed E-state index contributed by atoms with van der Waals surface area (Å²) in [5, 5.41) is 0. The van der Waals surface area contributed by atoms with Gasteiger partial charge in [-0.05, 0) is 63.3 Å². The van der Waals surface area contributed by atoms with Gasteiger partial charge in [-0.25, -0.2) is 0 Å². The number of methoxy groups -OCH3 is 2. The quantitative estimate of drug-likeness (QED) is 0.804. The molecule has 0 heterocycles. The van der Waals surface area contributed by atoms with Crippen LogP contribution in [0, 0.1) is 27.7 Å². The Morgan fingerprint density at radius 2 is 1.50 bits per heavy atom. The van der Waals surface area contributed by atoms with Crippen molar-refractivity contribution in [1.29, 1.82) is 0 Å². The Bertz CT molecular complexity index is 467. The van der Waals surface area contributed by atoms with Crippen LogP contribution in [0.4, 0.5) is 0 Å². The van der Waals surface area contributed by atoms with Gasteiger partial charge in [0.1, 0.15) is 0 Å². The van der Waals surface area contributed by atoms with Gasteiger partial charge < -0.3 is 9.47 Å². The molecular formula is C16H22O2. The van der Waals surface area contributed by atoms with Crippen molar-refractivity contribution >= 4 is 0 Å². The Morgan fingerprint density at radius 3 is 1.94 bits per heavy atom. The number of rotatable bonds is 4. The van der Waals surface area contributed by atoms with Crippen LogP contribution in [0.5, 0.6) is 11.5 Å². The predicted octanol–water partition coefficient (Wildman–Crippen LogP) is 3.83. The molecule has 0 spiro atoms. The molecule has 0 aliphatic heterocycles. The monoisotopic (exact) mass is 246 g/mol. The van der Waals surface area contributed by atoms with Crippen molar-refractivity contribution in [3.63, 3.8) is 0 Å². The molecule has 0 N–H and O–H groups in total. The third kappa shape index (κ3) is 2.69. The Morgan fingerprint density at radius 1 is 1.00 bits per heavy atom. The maximum absolute atomic E-state index is 5.71. The van der Waals surface area contributed by atoms with E-state index in [2.05, 4.69) is 20.8 Å². The number of hydrogen-bond acceptors (Lipinski definition) is 2. The fraction of sp³-hybridized carbons (Fsp3) is 0.438. The number of benzene rings is 1. The van der Waals surface area contributed by atoms with Gasteiger partial charge in [0.15, 0.2) is 11.5 Å². The minimum absolute atomic E-state index is 0.818. The summed E-state index contributed by atoms with van der Waals surface area (Å²) in [6.07, 6.45) is 2.85. The minimum atomic E-state index is 0.818. The average Bonchev–Trinajstić information content (AvgIpc) is 2.32. The summed E-state index contributed by atoms with van der Waals surface area (Å²) in [5.74, 6) is 1.64. The summed E-state index contributed by atoms with van der Waals surface area (Å²) in [6, 6.07) is 0. The molecule has 1 aromatic rings. The zero-order valence-corrected chi connectivity index (χ0v) is 12.2. The van der Waals surface area contributed by atoms with Crippen LogP contribution in [0.3, 0.4) is 0 Å². The van der Waals surface area contributed by atoms with Crippen LogP contribution in [0.25, 0.3) is 0 Å². The molecule has 0 saturated carbocycles. The SMILES string of the molecule is [CH]/C(C)=C/Cc1c(C)c(C)c(OC)c(OC)c1C. The number of ether oxygens (including phenoxy) is 2. The lowest BCUT2D eigenvalue weighted by Crippen LogP contribution is -2.03. The van der Waals surface area contributed by atoms with Crippen molar-refractivity contribution < 1.29 is 9.47 Å². The van der Waals surface area contributed by atoms with E-state index in [4.69, 9.17) is 16.4 Å². The van der Waals surface area contributed by atoms with Crippen molar-refractivity contribution in [1.82, 2.24) is 0 Å². The van der Waals surface area contributed by atoms with Gasteiger partial charge in [0.2, 0.25) is 0 Å². The van der Waals surface area contributed by atoms with Gasteiger partial charge in [-0.15, -0.1) is 0 Å².